The average Bonchev–Trinajstić information content (AvgIpc) is 3.17. The lowest BCUT2D eigenvalue weighted by Gasteiger charge is -2.22. The molecule has 0 aliphatic rings. The van der Waals surface area contributed by atoms with Gasteiger partial charge in [0.15, 0.2) is 0 Å². The predicted octanol–water partition coefficient (Wildman–Crippen LogP) is 5.98. The van der Waals surface area contributed by atoms with Gasteiger partial charge < -0.3 is 19.7 Å². The summed E-state index contributed by atoms with van der Waals surface area (Å²) in [7, 11) is 0. The third-order valence-corrected chi connectivity index (χ3v) is 6.41. The molecule has 0 unspecified atom stereocenters. The minimum atomic E-state index is -0.544. The Morgan fingerprint density at radius 3 is 2.48 bits per heavy atom. The van der Waals surface area contributed by atoms with Gasteiger partial charge in [0.1, 0.15) is 10.6 Å². The van der Waals surface area contributed by atoms with E-state index in [0.29, 0.717) is 18.7 Å². The largest absolute Gasteiger partial charge is 0.462 e. The second-order valence-electron chi connectivity index (χ2n) is 8.91. The van der Waals surface area contributed by atoms with Crippen LogP contribution in [0.1, 0.15) is 63.8 Å². The maximum atomic E-state index is 12.6. The summed E-state index contributed by atoms with van der Waals surface area (Å²) in [6.45, 7) is 16.0. The van der Waals surface area contributed by atoms with Gasteiger partial charge in [-0.2, -0.15) is 0 Å². The van der Waals surface area contributed by atoms with E-state index in [4.69, 9.17) is 9.47 Å². The molecule has 0 bridgehead atoms. The zero-order valence-corrected chi connectivity index (χ0v) is 22.2. The molecule has 182 valence electrons. The van der Waals surface area contributed by atoms with Crippen LogP contribution < -0.4 is 10.2 Å². The molecule has 1 amide bonds. The van der Waals surface area contributed by atoms with E-state index in [1.807, 2.05) is 46.8 Å². The first-order valence-electron chi connectivity index (χ1n) is 11.2. The molecule has 0 saturated carbocycles. The van der Waals surface area contributed by atoms with Gasteiger partial charge in [0.05, 0.1) is 29.1 Å². The summed E-state index contributed by atoms with van der Waals surface area (Å²) >= 11 is 3.03. The van der Waals surface area contributed by atoms with Crippen LogP contribution in [0.4, 0.5) is 10.5 Å². The van der Waals surface area contributed by atoms with Gasteiger partial charge in [-0.25, -0.2) is 14.6 Å². The second kappa shape index (κ2) is 12.3. The van der Waals surface area contributed by atoms with Gasteiger partial charge in [0.2, 0.25) is 0 Å². The summed E-state index contributed by atoms with van der Waals surface area (Å²) < 4.78 is 11.7. The molecule has 1 heterocycles. The molecule has 9 heteroatoms. The van der Waals surface area contributed by atoms with Crippen molar-refractivity contribution in [1.29, 1.82) is 0 Å². The number of hydrogen-bond donors (Lipinski definition) is 1. The van der Waals surface area contributed by atoms with Crippen LogP contribution in [0.2, 0.25) is 0 Å². The number of thiazole rings is 1. The standard InChI is InChI=1S/C24H35N3O4S2/c1-8-27(9-2)18-10-17(22(28)30-15-16(3)4)11-19(12-18)32-21-14-25-20(33-21)13-26-23(29)31-24(5,6)7/h10-12,14,16H,8-9,13,15H2,1-7H3,(H,26,29). The van der Waals surface area contributed by atoms with E-state index in [2.05, 4.69) is 35.1 Å². The van der Waals surface area contributed by atoms with E-state index < -0.39 is 11.7 Å². The van der Waals surface area contributed by atoms with Crippen LogP contribution in [0, 0.1) is 5.92 Å². The molecule has 1 N–H and O–H groups in total. The Hall–Kier alpha value is -2.26. The van der Waals surface area contributed by atoms with Gasteiger partial charge in [-0.1, -0.05) is 25.6 Å². The summed E-state index contributed by atoms with van der Waals surface area (Å²) in [6.07, 6.45) is 1.31. The SMILES string of the molecule is CCN(CC)c1cc(Sc2cnc(CNC(=O)OC(C)(C)C)s2)cc(C(=O)OCC(C)C)c1. The Bertz CT molecular complexity index is 934. The topological polar surface area (TPSA) is 80.8 Å². The normalized spacial score (nSPS) is 11.4. The van der Waals surface area contributed by atoms with Crippen LogP contribution in [-0.4, -0.2) is 42.3 Å². The lowest BCUT2D eigenvalue weighted by Crippen LogP contribution is -2.32. The number of amides is 1. The Kier molecular flexibility index (Phi) is 10.0. The fraction of sp³-hybridized carbons (Fsp3) is 0.542. The van der Waals surface area contributed by atoms with Crippen molar-refractivity contribution < 1.29 is 19.1 Å². The highest BCUT2D eigenvalue weighted by Crippen LogP contribution is 2.35. The van der Waals surface area contributed by atoms with Crippen LogP contribution in [0.5, 0.6) is 0 Å². The van der Waals surface area contributed by atoms with Crippen LogP contribution in [0.3, 0.4) is 0 Å². The summed E-state index contributed by atoms with van der Waals surface area (Å²) in [5, 5.41) is 3.51. The van der Waals surface area contributed by atoms with Crippen molar-refractivity contribution >= 4 is 40.8 Å². The summed E-state index contributed by atoms with van der Waals surface area (Å²) in [5.41, 5.74) is 0.981. The van der Waals surface area contributed by atoms with E-state index in [1.54, 1.807) is 6.20 Å². The molecule has 0 atom stereocenters. The lowest BCUT2D eigenvalue weighted by atomic mass is 10.2. The van der Waals surface area contributed by atoms with Crippen molar-refractivity contribution in [2.45, 2.75) is 69.7 Å². The number of alkyl carbamates (subject to hydrolysis) is 1. The molecule has 0 radical (unpaired) electrons. The number of nitrogens with one attached hydrogen (secondary N) is 1. The molecule has 2 rings (SSSR count). The summed E-state index contributed by atoms with van der Waals surface area (Å²) in [5.74, 6) is -0.0372. The Labute approximate surface area is 205 Å². The minimum absolute atomic E-state index is 0.277. The zero-order chi connectivity index (χ0) is 24.6. The van der Waals surface area contributed by atoms with Crippen LogP contribution >= 0.6 is 23.1 Å². The van der Waals surface area contributed by atoms with E-state index in [1.165, 1.54) is 23.1 Å². The molecule has 0 saturated heterocycles. The van der Waals surface area contributed by atoms with Crippen molar-refractivity contribution in [3.8, 4) is 0 Å². The summed E-state index contributed by atoms with van der Waals surface area (Å²) in [4.78, 5) is 32.1. The number of benzene rings is 1. The summed E-state index contributed by atoms with van der Waals surface area (Å²) in [6, 6.07) is 5.83. The van der Waals surface area contributed by atoms with E-state index in [9.17, 15) is 9.59 Å². The molecular formula is C24H35N3O4S2. The first-order chi connectivity index (χ1) is 15.5. The first kappa shape index (κ1) is 27.0. The number of aromatic nitrogens is 1. The van der Waals surface area contributed by atoms with Gasteiger partial charge in [0, 0.05) is 23.7 Å². The quantitative estimate of drug-likeness (QED) is 0.408. The average molecular weight is 494 g/mol. The minimum Gasteiger partial charge on any atom is -0.462 e. The number of rotatable bonds is 10. The molecule has 0 aliphatic carbocycles. The highest BCUT2D eigenvalue weighted by molar-refractivity contribution is 8.01. The molecule has 0 spiro atoms. The van der Waals surface area contributed by atoms with Crippen LogP contribution in [0.25, 0.3) is 0 Å². The smallest absolute Gasteiger partial charge is 0.408 e. The monoisotopic (exact) mass is 493 g/mol. The predicted molar refractivity (Wildman–Crippen MR) is 134 cm³/mol. The molecule has 33 heavy (non-hydrogen) atoms. The first-order valence-corrected chi connectivity index (χ1v) is 12.8. The number of carbonyl (C=O) groups is 2. The Balaban J connectivity index is 2.15. The molecule has 1 aromatic carbocycles. The molecule has 0 fully saturated rings. The number of nitrogens with zero attached hydrogens (tertiary/aromatic N) is 2. The van der Waals surface area contributed by atoms with Gasteiger partial charge in [-0.15, -0.1) is 11.3 Å². The van der Waals surface area contributed by atoms with E-state index >= 15 is 0 Å². The highest BCUT2D eigenvalue weighted by Gasteiger charge is 2.17. The lowest BCUT2D eigenvalue weighted by molar-refractivity contribution is 0.0457. The fourth-order valence-corrected chi connectivity index (χ4v) is 4.89. The maximum Gasteiger partial charge on any atom is 0.408 e. The number of esters is 1. The van der Waals surface area contributed by atoms with Crippen LogP contribution in [-0.2, 0) is 16.0 Å². The van der Waals surface area contributed by atoms with Crippen molar-refractivity contribution in [3.63, 3.8) is 0 Å². The third-order valence-electron chi connectivity index (χ3n) is 4.34. The third kappa shape index (κ3) is 9.25. The van der Waals surface area contributed by atoms with Crippen molar-refractivity contribution in [2.75, 3.05) is 24.6 Å². The van der Waals surface area contributed by atoms with E-state index in [0.717, 1.165) is 32.9 Å². The fourth-order valence-electron chi connectivity index (χ4n) is 2.86. The molecule has 2 aromatic rings. The number of hydrogen-bond acceptors (Lipinski definition) is 8. The number of carbonyl (C=O) groups excluding carboxylic acids is 2. The molecular weight excluding hydrogens is 458 g/mol. The number of ether oxygens (including phenoxy) is 2. The Morgan fingerprint density at radius 2 is 1.88 bits per heavy atom. The highest BCUT2D eigenvalue weighted by atomic mass is 32.2. The van der Waals surface area contributed by atoms with Crippen molar-refractivity contribution in [1.82, 2.24) is 10.3 Å². The zero-order valence-electron chi connectivity index (χ0n) is 20.6. The second-order valence-corrected chi connectivity index (χ2v) is 11.4. The van der Waals surface area contributed by atoms with Gasteiger partial charge in [-0.05, 0) is 58.7 Å². The van der Waals surface area contributed by atoms with E-state index in [-0.39, 0.29) is 11.9 Å². The van der Waals surface area contributed by atoms with Gasteiger partial charge in [0.25, 0.3) is 0 Å². The van der Waals surface area contributed by atoms with Gasteiger partial charge >= 0.3 is 12.1 Å². The van der Waals surface area contributed by atoms with Gasteiger partial charge in [-0.3, -0.25) is 0 Å². The Morgan fingerprint density at radius 1 is 1.18 bits per heavy atom. The molecule has 7 nitrogen and oxygen atoms in total. The van der Waals surface area contributed by atoms with Crippen LogP contribution in [0.15, 0.2) is 33.5 Å². The molecule has 1 aromatic heterocycles. The number of anilines is 1. The van der Waals surface area contributed by atoms with Crippen molar-refractivity contribution in [3.05, 3.63) is 35.0 Å². The maximum absolute atomic E-state index is 12.6. The molecule has 0 aliphatic heterocycles. The van der Waals surface area contributed by atoms with Crippen molar-refractivity contribution in [2.24, 2.45) is 5.92 Å².